The zero-order valence-corrected chi connectivity index (χ0v) is 24.3. The van der Waals surface area contributed by atoms with Crippen molar-refractivity contribution in [1.82, 2.24) is 5.32 Å². The zero-order valence-electron chi connectivity index (χ0n) is 23.6. The molecule has 0 bridgehead atoms. The lowest BCUT2D eigenvalue weighted by atomic mass is 9.82. The van der Waals surface area contributed by atoms with Gasteiger partial charge in [0.25, 0.3) is 0 Å². The van der Waals surface area contributed by atoms with Gasteiger partial charge in [0.05, 0.1) is 22.3 Å². The second-order valence-electron chi connectivity index (χ2n) is 11.6. The molecule has 0 saturated heterocycles. The SMILES string of the molecule is C[C@H](O)COc1ccc(C(N)=O)c(-c2c(Cl)c(F)cc3c2C[C@@](CN[C@H]2CC[C@](C)(O)CC2)(c2ccccc2)O3)c1F. The Labute approximate surface area is 248 Å². The molecule has 0 spiro atoms. The van der Waals surface area contributed by atoms with Gasteiger partial charge in [-0.2, -0.15) is 0 Å². The molecule has 42 heavy (non-hydrogen) atoms. The van der Waals surface area contributed by atoms with Crippen LogP contribution in [0.1, 0.15) is 61.0 Å². The number of aliphatic hydroxyl groups is 2. The molecule has 2 atom stereocenters. The highest BCUT2D eigenvalue weighted by Crippen LogP contribution is 2.50. The summed E-state index contributed by atoms with van der Waals surface area (Å²) in [4.78, 5) is 12.5. The minimum Gasteiger partial charge on any atom is -0.488 e. The van der Waals surface area contributed by atoms with Gasteiger partial charge in [-0.25, -0.2) is 8.78 Å². The van der Waals surface area contributed by atoms with E-state index in [1.54, 1.807) is 0 Å². The average Bonchev–Trinajstić information content (AvgIpc) is 3.32. The molecule has 1 amide bonds. The summed E-state index contributed by atoms with van der Waals surface area (Å²) in [6.45, 7) is 3.47. The van der Waals surface area contributed by atoms with Gasteiger partial charge in [-0.15, -0.1) is 0 Å². The zero-order chi connectivity index (χ0) is 30.2. The van der Waals surface area contributed by atoms with Gasteiger partial charge in [0, 0.05) is 41.8 Å². The van der Waals surface area contributed by atoms with E-state index in [0.717, 1.165) is 18.4 Å². The van der Waals surface area contributed by atoms with Crippen LogP contribution < -0.4 is 20.5 Å². The number of nitrogens with two attached hydrogens (primary N) is 1. The summed E-state index contributed by atoms with van der Waals surface area (Å²) in [5.41, 5.74) is 4.67. The Hall–Kier alpha value is -3.24. The molecule has 0 aromatic heterocycles. The lowest BCUT2D eigenvalue weighted by Crippen LogP contribution is -2.48. The Balaban J connectivity index is 1.60. The molecule has 1 aliphatic heterocycles. The van der Waals surface area contributed by atoms with E-state index in [1.807, 2.05) is 37.3 Å². The van der Waals surface area contributed by atoms with Crippen LogP contribution in [0.3, 0.4) is 0 Å². The molecule has 1 fully saturated rings. The van der Waals surface area contributed by atoms with Gasteiger partial charge in [-0.3, -0.25) is 4.79 Å². The minimum atomic E-state index is -1.00. The number of nitrogens with one attached hydrogen (secondary N) is 1. The predicted octanol–water partition coefficient (Wildman–Crippen LogP) is 5.26. The number of hydrogen-bond donors (Lipinski definition) is 4. The molecule has 0 radical (unpaired) electrons. The number of fused-ring (bicyclic) bond motifs is 1. The van der Waals surface area contributed by atoms with Gasteiger partial charge < -0.3 is 30.7 Å². The van der Waals surface area contributed by atoms with Crippen LogP contribution in [-0.2, 0) is 12.0 Å². The summed E-state index contributed by atoms with van der Waals surface area (Å²) < 4.78 is 43.5. The monoisotopic (exact) mass is 600 g/mol. The number of carbonyl (C=O) groups is 1. The highest BCUT2D eigenvalue weighted by Gasteiger charge is 2.45. The lowest BCUT2D eigenvalue weighted by molar-refractivity contribution is 0.0104. The van der Waals surface area contributed by atoms with Crippen molar-refractivity contribution < 1.29 is 33.3 Å². The van der Waals surface area contributed by atoms with E-state index in [9.17, 15) is 15.0 Å². The van der Waals surface area contributed by atoms with Gasteiger partial charge in [-0.1, -0.05) is 41.9 Å². The van der Waals surface area contributed by atoms with Gasteiger partial charge in [0.2, 0.25) is 5.91 Å². The average molecular weight is 601 g/mol. The summed E-state index contributed by atoms with van der Waals surface area (Å²) >= 11 is 6.54. The highest BCUT2D eigenvalue weighted by molar-refractivity contribution is 6.34. The fourth-order valence-corrected chi connectivity index (χ4v) is 6.15. The van der Waals surface area contributed by atoms with Gasteiger partial charge in [0.15, 0.2) is 17.2 Å². The molecular weight excluding hydrogens is 566 g/mol. The van der Waals surface area contributed by atoms with E-state index in [2.05, 4.69) is 5.32 Å². The number of aliphatic hydroxyl groups excluding tert-OH is 1. The van der Waals surface area contributed by atoms with Gasteiger partial charge >= 0.3 is 0 Å². The smallest absolute Gasteiger partial charge is 0.249 e. The van der Waals surface area contributed by atoms with Crippen LogP contribution in [0, 0.1) is 11.6 Å². The van der Waals surface area contributed by atoms with E-state index < -0.39 is 34.8 Å². The van der Waals surface area contributed by atoms with E-state index in [0.29, 0.717) is 24.9 Å². The first-order valence-corrected chi connectivity index (χ1v) is 14.4. The number of carbonyl (C=O) groups excluding carboxylic acids is 1. The quantitative estimate of drug-likeness (QED) is 0.267. The Morgan fingerprint density at radius 1 is 1.19 bits per heavy atom. The molecule has 3 aromatic carbocycles. The maximum Gasteiger partial charge on any atom is 0.249 e. The van der Waals surface area contributed by atoms with Crippen molar-refractivity contribution in [2.24, 2.45) is 5.73 Å². The third-order valence-electron chi connectivity index (χ3n) is 8.19. The normalized spacial score (nSPS) is 24.1. The topological polar surface area (TPSA) is 114 Å². The number of primary amides is 1. The Bertz CT molecular complexity index is 1470. The maximum absolute atomic E-state index is 16.1. The van der Waals surface area contributed by atoms with E-state index in [4.69, 9.17) is 26.8 Å². The largest absolute Gasteiger partial charge is 0.488 e. The summed E-state index contributed by atoms with van der Waals surface area (Å²) in [5, 5.41) is 23.2. The summed E-state index contributed by atoms with van der Waals surface area (Å²) in [5.74, 6) is -2.79. The van der Waals surface area contributed by atoms with Crippen molar-refractivity contribution in [1.29, 1.82) is 0 Å². The molecule has 2 aliphatic rings. The number of amides is 1. The number of rotatable bonds is 9. The summed E-state index contributed by atoms with van der Waals surface area (Å²) in [6, 6.07) is 13.3. The number of hydrogen-bond acceptors (Lipinski definition) is 6. The van der Waals surface area contributed by atoms with Crippen molar-refractivity contribution >= 4 is 17.5 Å². The van der Waals surface area contributed by atoms with Gasteiger partial charge in [-0.05, 0) is 57.2 Å². The fourth-order valence-electron chi connectivity index (χ4n) is 5.89. The minimum absolute atomic E-state index is 0.0352. The second kappa shape index (κ2) is 11.8. The van der Waals surface area contributed by atoms with E-state index in [-0.39, 0.29) is 52.3 Å². The fraction of sp³-hybridized carbons (Fsp3) is 0.406. The molecule has 1 heterocycles. The third kappa shape index (κ3) is 5.97. The van der Waals surface area contributed by atoms with Crippen LogP contribution in [0.4, 0.5) is 8.78 Å². The van der Waals surface area contributed by atoms with Crippen LogP contribution in [0.25, 0.3) is 11.1 Å². The van der Waals surface area contributed by atoms with Crippen LogP contribution >= 0.6 is 11.6 Å². The molecular formula is C32H35ClF2N2O5. The molecule has 7 nitrogen and oxygen atoms in total. The molecule has 1 saturated carbocycles. The van der Waals surface area contributed by atoms with Crippen LogP contribution in [0.15, 0.2) is 48.5 Å². The first-order valence-electron chi connectivity index (χ1n) is 14.1. The third-order valence-corrected chi connectivity index (χ3v) is 8.56. The first kappa shape index (κ1) is 30.2. The summed E-state index contributed by atoms with van der Waals surface area (Å²) in [7, 11) is 0. The Morgan fingerprint density at radius 2 is 1.88 bits per heavy atom. The Kier molecular flexibility index (Phi) is 8.49. The van der Waals surface area contributed by atoms with Crippen LogP contribution in [0.5, 0.6) is 11.5 Å². The lowest BCUT2D eigenvalue weighted by Gasteiger charge is -2.36. The van der Waals surface area contributed by atoms with Crippen LogP contribution in [0.2, 0.25) is 5.02 Å². The van der Waals surface area contributed by atoms with E-state index >= 15 is 8.78 Å². The van der Waals surface area contributed by atoms with Crippen molar-refractivity contribution in [3.05, 3.63) is 81.9 Å². The van der Waals surface area contributed by atoms with Crippen molar-refractivity contribution in [2.45, 2.75) is 69.3 Å². The predicted molar refractivity (Wildman–Crippen MR) is 156 cm³/mol. The second-order valence-corrected chi connectivity index (χ2v) is 12.0. The molecule has 5 N–H and O–H groups in total. The van der Waals surface area contributed by atoms with Crippen molar-refractivity contribution in [3.63, 3.8) is 0 Å². The number of ether oxygens (including phenoxy) is 2. The Morgan fingerprint density at radius 3 is 2.52 bits per heavy atom. The highest BCUT2D eigenvalue weighted by atomic mass is 35.5. The summed E-state index contributed by atoms with van der Waals surface area (Å²) in [6.07, 6.45) is 2.20. The van der Waals surface area contributed by atoms with Crippen molar-refractivity contribution in [3.8, 4) is 22.6 Å². The first-order chi connectivity index (χ1) is 19.9. The number of benzene rings is 3. The molecule has 3 aromatic rings. The van der Waals surface area contributed by atoms with Crippen LogP contribution in [-0.4, -0.2) is 47.0 Å². The molecule has 0 unspecified atom stereocenters. The molecule has 5 rings (SSSR count). The molecule has 1 aliphatic carbocycles. The molecule has 224 valence electrons. The van der Waals surface area contributed by atoms with Crippen molar-refractivity contribution in [2.75, 3.05) is 13.2 Å². The molecule has 10 heteroatoms. The standard InChI is InChI=1S/C32H35ClF2N2O5/c1-18(38)16-41-24-9-8-21(30(36)39)27(29(24)35)26-22-15-32(19-6-4-3-5-7-19,42-25(22)14-23(34)28(26)33)17-37-20-10-12-31(2,40)13-11-20/h3-9,14,18,20,37-38,40H,10-13,15-17H2,1-2H3,(H2,36,39)/t18-,20-,31-,32+/m0/s1. The van der Waals surface area contributed by atoms with E-state index in [1.165, 1.54) is 25.1 Å². The van der Waals surface area contributed by atoms with Gasteiger partial charge in [0.1, 0.15) is 18.2 Å². The number of halogens is 3. The maximum atomic E-state index is 16.1.